The topological polar surface area (TPSA) is 111 Å². The molecule has 2 aliphatic heterocycles. The van der Waals surface area contributed by atoms with Crippen molar-refractivity contribution in [2.24, 2.45) is 0 Å². The van der Waals surface area contributed by atoms with Crippen LogP contribution in [0.1, 0.15) is 17.5 Å². The maximum Gasteiger partial charge on any atom is 0.246 e. The lowest BCUT2D eigenvalue weighted by molar-refractivity contribution is -0.128. The van der Waals surface area contributed by atoms with Gasteiger partial charge >= 0.3 is 0 Å². The highest BCUT2D eigenvalue weighted by atomic mass is 16.5. The Morgan fingerprint density at radius 1 is 1.35 bits per heavy atom. The number of nitriles is 1. The summed E-state index contributed by atoms with van der Waals surface area (Å²) in [4.78, 5) is 25.6. The van der Waals surface area contributed by atoms with E-state index in [-0.39, 0.29) is 18.4 Å². The van der Waals surface area contributed by atoms with Crippen molar-refractivity contribution < 1.29 is 9.53 Å². The molecule has 1 atom stereocenters. The Kier molecular flexibility index (Phi) is 5.57. The minimum Gasteiger partial charge on any atom is -0.488 e. The van der Waals surface area contributed by atoms with Crippen molar-refractivity contribution in [3.63, 3.8) is 0 Å². The monoisotopic (exact) mass is 491 g/mol. The van der Waals surface area contributed by atoms with E-state index >= 15 is 0 Å². The maximum absolute atomic E-state index is 12.4. The number of nitrogens with one attached hydrogen (secondary N) is 1. The molecule has 184 valence electrons. The summed E-state index contributed by atoms with van der Waals surface area (Å²) in [5.41, 5.74) is 5.96. The Hall–Kier alpha value is -4.71. The van der Waals surface area contributed by atoms with Crippen LogP contribution in [0, 0.1) is 18.3 Å². The summed E-state index contributed by atoms with van der Waals surface area (Å²) in [5.74, 6) is 1.33. The predicted octanol–water partition coefficient (Wildman–Crippen LogP) is 4.00. The average Bonchev–Trinajstić information content (AvgIpc) is 3.41. The predicted molar refractivity (Wildman–Crippen MR) is 142 cm³/mol. The van der Waals surface area contributed by atoms with E-state index in [1.165, 1.54) is 6.08 Å². The van der Waals surface area contributed by atoms with Gasteiger partial charge in [-0.05, 0) is 47.9 Å². The van der Waals surface area contributed by atoms with Crippen LogP contribution in [0.3, 0.4) is 0 Å². The number of ether oxygens (including phenoxy) is 1. The molecule has 1 N–H and O–H groups in total. The minimum absolute atomic E-state index is 0.160. The van der Waals surface area contributed by atoms with Crippen molar-refractivity contribution in [1.82, 2.24) is 25.1 Å². The lowest BCUT2D eigenvalue weighted by Crippen LogP contribution is -2.55. The molecule has 0 radical (unpaired) electrons. The van der Waals surface area contributed by atoms with Gasteiger partial charge in [-0.15, -0.1) is 0 Å². The second-order valence-electron chi connectivity index (χ2n) is 9.26. The summed E-state index contributed by atoms with van der Waals surface area (Å²) < 4.78 is 6.27. The van der Waals surface area contributed by atoms with Crippen molar-refractivity contribution in [2.45, 2.75) is 19.4 Å². The third-order valence-electron chi connectivity index (χ3n) is 7.18. The number of H-pyrrole nitrogens is 1. The van der Waals surface area contributed by atoms with Gasteiger partial charge in [-0.3, -0.25) is 9.89 Å². The first-order valence-corrected chi connectivity index (χ1v) is 12.2. The molecule has 1 saturated heterocycles. The molecule has 0 spiro atoms. The van der Waals surface area contributed by atoms with E-state index in [0.717, 1.165) is 55.6 Å². The highest BCUT2D eigenvalue weighted by Crippen LogP contribution is 2.45. The van der Waals surface area contributed by atoms with Gasteiger partial charge in [0.05, 0.1) is 41.1 Å². The number of aromatic amines is 1. The van der Waals surface area contributed by atoms with Crippen LogP contribution in [0.5, 0.6) is 5.75 Å². The number of piperazine rings is 1. The van der Waals surface area contributed by atoms with Gasteiger partial charge in [0.15, 0.2) is 0 Å². The van der Waals surface area contributed by atoms with Gasteiger partial charge in [0.2, 0.25) is 5.91 Å². The van der Waals surface area contributed by atoms with Gasteiger partial charge < -0.3 is 14.5 Å². The van der Waals surface area contributed by atoms with Gasteiger partial charge in [-0.25, -0.2) is 9.97 Å². The molecule has 2 aromatic heterocycles. The van der Waals surface area contributed by atoms with Crippen LogP contribution >= 0.6 is 0 Å². The Morgan fingerprint density at radius 3 is 3.08 bits per heavy atom. The van der Waals surface area contributed by atoms with Gasteiger partial charge in [-0.1, -0.05) is 18.7 Å². The normalized spacial score (nSPS) is 16.9. The molecular weight excluding hydrogens is 466 g/mol. The molecule has 0 bridgehead atoms. The molecule has 4 heterocycles. The highest BCUT2D eigenvalue weighted by molar-refractivity contribution is 6.06. The van der Waals surface area contributed by atoms with E-state index < -0.39 is 0 Å². The fourth-order valence-electron chi connectivity index (χ4n) is 5.47. The van der Waals surface area contributed by atoms with E-state index in [1.54, 1.807) is 11.2 Å². The first-order valence-electron chi connectivity index (χ1n) is 12.2. The number of nitrogens with zero attached hydrogens (tertiary/aromatic N) is 6. The summed E-state index contributed by atoms with van der Waals surface area (Å²) in [5, 5.41) is 18.6. The van der Waals surface area contributed by atoms with Gasteiger partial charge in [0.25, 0.3) is 0 Å². The van der Waals surface area contributed by atoms with Crippen LogP contribution in [0.25, 0.3) is 39.0 Å². The van der Waals surface area contributed by atoms with Crippen LogP contribution in [0.2, 0.25) is 0 Å². The van der Waals surface area contributed by atoms with Gasteiger partial charge in [0, 0.05) is 30.6 Å². The van der Waals surface area contributed by atoms with E-state index in [1.807, 2.05) is 18.3 Å². The second kappa shape index (κ2) is 9.06. The molecule has 9 nitrogen and oxygen atoms in total. The second-order valence-corrected chi connectivity index (χ2v) is 9.26. The Bertz CT molecular complexity index is 1630. The number of hydrogen-bond acceptors (Lipinski definition) is 7. The van der Waals surface area contributed by atoms with Crippen LogP contribution in [-0.4, -0.2) is 63.3 Å². The summed E-state index contributed by atoms with van der Waals surface area (Å²) >= 11 is 0. The Labute approximate surface area is 213 Å². The summed E-state index contributed by atoms with van der Waals surface area (Å²) in [6.07, 6.45) is 9.07. The molecule has 1 fully saturated rings. The first-order chi connectivity index (χ1) is 18.1. The summed E-state index contributed by atoms with van der Waals surface area (Å²) in [6, 6.07) is 8.18. The quantitative estimate of drug-likeness (QED) is 0.430. The number of aromatic nitrogens is 4. The number of amides is 1. The van der Waals surface area contributed by atoms with Gasteiger partial charge in [0.1, 0.15) is 24.5 Å². The molecule has 2 aromatic carbocycles. The number of rotatable bonds is 4. The third kappa shape index (κ3) is 3.69. The third-order valence-corrected chi connectivity index (χ3v) is 7.18. The zero-order valence-electron chi connectivity index (χ0n) is 20.4. The smallest absolute Gasteiger partial charge is 0.246 e. The number of anilines is 1. The molecule has 1 amide bonds. The van der Waals surface area contributed by atoms with E-state index in [9.17, 15) is 10.1 Å². The first kappa shape index (κ1) is 22.7. The van der Waals surface area contributed by atoms with Crippen molar-refractivity contribution in [2.75, 3.05) is 31.1 Å². The molecular formula is C28H25N7O2. The molecule has 0 aliphatic carbocycles. The maximum atomic E-state index is 12.4. The lowest BCUT2D eigenvalue weighted by Gasteiger charge is -2.41. The fraction of sp³-hybridized carbons (Fsp3) is 0.250. The molecule has 9 heteroatoms. The van der Waals surface area contributed by atoms with Gasteiger partial charge in [-0.2, -0.15) is 10.4 Å². The summed E-state index contributed by atoms with van der Waals surface area (Å²) in [6.45, 7) is 7.70. The van der Waals surface area contributed by atoms with Crippen molar-refractivity contribution in [3.8, 4) is 22.9 Å². The number of carbonyl (C=O) groups is 1. The Balaban J connectivity index is 1.52. The number of hydrogen-bond donors (Lipinski definition) is 1. The lowest BCUT2D eigenvalue weighted by atomic mass is 9.90. The number of aryl methyl sites for hydroxylation is 1. The Morgan fingerprint density at radius 2 is 2.24 bits per heavy atom. The van der Waals surface area contributed by atoms with Crippen LogP contribution < -0.4 is 9.64 Å². The van der Waals surface area contributed by atoms with Crippen LogP contribution in [-0.2, 0) is 4.79 Å². The molecule has 2 aliphatic rings. The van der Waals surface area contributed by atoms with E-state index in [2.05, 4.69) is 62.8 Å². The number of fused-ring (bicyclic) bond motifs is 4. The van der Waals surface area contributed by atoms with Crippen molar-refractivity contribution in [3.05, 3.63) is 60.6 Å². The average molecular weight is 492 g/mol. The standard InChI is InChI=1S/C28H25N7O2/c1-3-24(36)35-11-10-34(15-18(35)8-9-29)28-26-23(30-16-31-28)13-20(19-5-4-12-37-27(19)26)25-17(2)6-7-22-21(25)14-32-33-22/h3-7,13-14,16,18H,1,8,10-12,15H2,2H3,(H,32,33)/t18-/m0/s1. The highest BCUT2D eigenvalue weighted by Gasteiger charge is 2.32. The van der Waals surface area contributed by atoms with E-state index in [0.29, 0.717) is 26.2 Å². The molecule has 0 saturated carbocycles. The van der Waals surface area contributed by atoms with Crippen molar-refractivity contribution >= 4 is 39.6 Å². The largest absolute Gasteiger partial charge is 0.488 e. The zero-order chi connectivity index (χ0) is 25.5. The van der Waals surface area contributed by atoms with Crippen LogP contribution in [0.15, 0.2) is 49.5 Å². The molecule has 0 unspecified atom stereocenters. The van der Waals surface area contributed by atoms with E-state index in [4.69, 9.17) is 4.74 Å². The van der Waals surface area contributed by atoms with Crippen molar-refractivity contribution in [1.29, 1.82) is 5.26 Å². The SMILES string of the molecule is C=CC(=O)N1CCN(c2ncnc3cc(-c4c(C)ccc5[nH]ncc45)c4c(c23)OCC=C4)C[C@@H]1CC#N. The summed E-state index contributed by atoms with van der Waals surface area (Å²) in [7, 11) is 0. The van der Waals surface area contributed by atoms with Crippen LogP contribution in [0.4, 0.5) is 5.82 Å². The zero-order valence-corrected chi connectivity index (χ0v) is 20.4. The number of benzene rings is 2. The minimum atomic E-state index is -0.258. The molecule has 6 rings (SSSR count). The number of carbonyl (C=O) groups excluding carboxylic acids is 1. The molecule has 37 heavy (non-hydrogen) atoms. The molecule has 4 aromatic rings. The fourth-order valence-corrected chi connectivity index (χ4v) is 5.47.